The molecule has 176 valence electrons. The standard InChI is InChI=1S/C26H49O3P/c1-24(2)18-12-7-5-9-16-22-29-30(27,28,26-20-14-11-15-21-26)23-17-10-6-8-13-19-25(3)4/h11,14-15,20-21,24-25,27-28H,5-10,12-13,16-19,22-23H2,1-4H3. The van der Waals surface area contributed by atoms with E-state index in [0.29, 0.717) is 18.1 Å². The molecule has 0 atom stereocenters. The summed E-state index contributed by atoms with van der Waals surface area (Å²) in [6.07, 6.45) is 14.1. The van der Waals surface area contributed by atoms with E-state index in [0.717, 1.165) is 43.9 Å². The molecule has 0 aliphatic carbocycles. The zero-order valence-electron chi connectivity index (χ0n) is 20.2. The molecule has 0 spiro atoms. The zero-order valence-corrected chi connectivity index (χ0v) is 21.1. The van der Waals surface area contributed by atoms with E-state index in [1.165, 1.54) is 44.9 Å². The van der Waals surface area contributed by atoms with Crippen LogP contribution >= 0.6 is 7.28 Å². The second-order valence-corrected chi connectivity index (χ2v) is 13.4. The van der Waals surface area contributed by atoms with Gasteiger partial charge in [0, 0.05) is 0 Å². The maximum atomic E-state index is 11.4. The Morgan fingerprint density at radius 2 is 1.13 bits per heavy atom. The molecule has 0 aliphatic heterocycles. The summed E-state index contributed by atoms with van der Waals surface area (Å²) in [5.74, 6) is 1.55. The van der Waals surface area contributed by atoms with E-state index in [2.05, 4.69) is 27.7 Å². The van der Waals surface area contributed by atoms with E-state index in [1.54, 1.807) is 0 Å². The van der Waals surface area contributed by atoms with Crippen LogP contribution in [0.15, 0.2) is 30.3 Å². The van der Waals surface area contributed by atoms with Crippen LogP contribution < -0.4 is 5.30 Å². The summed E-state index contributed by atoms with van der Waals surface area (Å²) in [5.41, 5.74) is 0. The fourth-order valence-corrected chi connectivity index (χ4v) is 6.53. The minimum absolute atomic E-state index is 0.341. The quantitative estimate of drug-likeness (QED) is 0.182. The molecule has 3 nitrogen and oxygen atoms in total. The topological polar surface area (TPSA) is 49.7 Å². The molecule has 1 aromatic rings. The Morgan fingerprint density at radius 1 is 0.667 bits per heavy atom. The summed E-state index contributed by atoms with van der Waals surface area (Å²) in [4.78, 5) is 22.8. The van der Waals surface area contributed by atoms with Crippen LogP contribution in [-0.4, -0.2) is 22.6 Å². The first kappa shape index (κ1) is 27.6. The first-order valence-electron chi connectivity index (χ1n) is 12.4. The van der Waals surface area contributed by atoms with E-state index in [-0.39, 0.29) is 0 Å². The first-order valence-corrected chi connectivity index (χ1v) is 14.7. The van der Waals surface area contributed by atoms with Gasteiger partial charge in [-0.1, -0.05) is 0 Å². The molecule has 0 aliphatic rings. The monoisotopic (exact) mass is 440 g/mol. The number of hydrogen-bond donors (Lipinski definition) is 2. The van der Waals surface area contributed by atoms with E-state index in [4.69, 9.17) is 4.52 Å². The molecule has 0 fully saturated rings. The van der Waals surface area contributed by atoms with Crippen molar-refractivity contribution in [1.82, 2.24) is 0 Å². The average molecular weight is 441 g/mol. The summed E-state index contributed by atoms with van der Waals surface area (Å²) in [6.45, 7) is 9.51. The van der Waals surface area contributed by atoms with Crippen LogP contribution in [0.5, 0.6) is 0 Å². The fourth-order valence-electron chi connectivity index (χ4n) is 3.92. The van der Waals surface area contributed by atoms with Crippen LogP contribution in [0.1, 0.15) is 105 Å². The maximum absolute atomic E-state index is 11.4. The summed E-state index contributed by atoms with van der Waals surface area (Å²) in [6, 6.07) is 9.27. The van der Waals surface area contributed by atoms with Gasteiger partial charge < -0.3 is 0 Å². The van der Waals surface area contributed by atoms with Gasteiger partial charge in [-0.25, -0.2) is 0 Å². The van der Waals surface area contributed by atoms with Gasteiger partial charge in [-0.15, -0.1) is 0 Å². The Labute approximate surface area is 186 Å². The van der Waals surface area contributed by atoms with E-state index in [1.807, 2.05) is 30.3 Å². The number of benzene rings is 1. The fraction of sp³-hybridized carbons (Fsp3) is 0.769. The van der Waals surface area contributed by atoms with Crippen molar-refractivity contribution >= 4 is 12.6 Å². The summed E-state index contributed by atoms with van der Waals surface area (Å²) in [7, 11) is -4.29. The van der Waals surface area contributed by atoms with Gasteiger partial charge in [0.15, 0.2) is 0 Å². The first-order chi connectivity index (χ1) is 14.2. The number of rotatable bonds is 18. The van der Waals surface area contributed by atoms with Crippen LogP contribution in [0.4, 0.5) is 0 Å². The van der Waals surface area contributed by atoms with Gasteiger partial charge >= 0.3 is 187 Å². The molecule has 0 radical (unpaired) electrons. The second kappa shape index (κ2) is 14.6. The van der Waals surface area contributed by atoms with Gasteiger partial charge in [-0.2, -0.15) is 0 Å². The van der Waals surface area contributed by atoms with Crippen molar-refractivity contribution in [1.29, 1.82) is 0 Å². The summed E-state index contributed by atoms with van der Waals surface area (Å²) >= 11 is 0. The van der Waals surface area contributed by atoms with E-state index < -0.39 is 7.28 Å². The Hall–Kier alpha value is -0.470. The second-order valence-electron chi connectivity index (χ2n) is 9.91. The Kier molecular flexibility index (Phi) is 13.4. The third-order valence-electron chi connectivity index (χ3n) is 5.91. The van der Waals surface area contributed by atoms with Crippen molar-refractivity contribution in [2.24, 2.45) is 11.8 Å². The minimum atomic E-state index is -4.29. The van der Waals surface area contributed by atoms with Crippen molar-refractivity contribution < 1.29 is 14.3 Å². The van der Waals surface area contributed by atoms with Crippen LogP contribution in [0, 0.1) is 11.8 Å². The molecule has 0 heterocycles. The summed E-state index contributed by atoms with van der Waals surface area (Å²) in [5, 5.41) is 0.570. The van der Waals surface area contributed by atoms with E-state index >= 15 is 0 Å². The SMILES string of the molecule is CC(C)CCCCCCCOP(O)(O)(CCCCCCCC(C)C)c1ccccc1. The summed E-state index contributed by atoms with van der Waals surface area (Å²) < 4.78 is 5.95. The van der Waals surface area contributed by atoms with Gasteiger partial charge in [0.2, 0.25) is 0 Å². The van der Waals surface area contributed by atoms with Gasteiger partial charge in [-0.3, -0.25) is 0 Å². The molecule has 0 unspecified atom stereocenters. The molecule has 0 bridgehead atoms. The van der Waals surface area contributed by atoms with Crippen molar-refractivity contribution in [3.8, 4) is 0 Å². The molecule has 2 N–H and O–H groups in total. The zero-order chi connectivity index (χ0) is 22.3. The van der Waals surface area contributed by atoms with Gasteiger partial charge in [0.25, 0.3) is 0 Å². The van der Waals surface area contributed by atoms with Crippen LogP contribution in [-0.2, 0) is 4.52 Å². The van der Waals surface area contributed by atoms with Crippen LogP contribution in [0.25, 0.3) is 0 Å². The van der Waals surface area contributed by atoms with Crippen molar-refractivity contribution in [3.63, 3.8) is 0 Å². The third-order valence-corrected chi connectivity index (χ3v) is 9.09. The molecule has 0 saturated heterocycles. The van der Waals surface area contributed by atoms with Crippen LogP contribution in [0.2, 0.25) is 0 Å². The Bertz CT molecular complexity index is 542. The molecule has 30 heavy (non-hydrogen) atoms. The molecule has 4 heteroatoms. The predicted molar refractivity (Wildman–Crippen MR) is 133 cm³/mol. The Morgan fingerprint density at radius 3 is 1.67 bits per heavy atom. The third kappa shape index (κ3) is 11.8. The molecule has 0 saturated carbocycles. The van der Waals surface area contributed by atoms with Gasteiger partial charge in [0.1, 0.15) is 0 Å². The number of hydrogen-bond acceptors (Lipinski definition) is 3. The number of unbranched alkanes of at least 4 members (excludes halogenated alkanes) is 8. The predicted octanol–water partition coefficient (Wildman–Crippen LogP) is 7.60. The average Bonchev–Trinajstić information content (AvgIpc) is 2.70. The van der Waals surface area contributed by atoms with Crippen molar-refractivity contribution in [3.05, 3.63) is 30.3 Å². The molecule has 0 amide bonds. The molecule has 0 aromatic heterocycles. The van der Waals surface area contributed by atoms with Gasteiger partial charge in [-0.05, 0) is 0 Å². The normalized spacial score (nSPS) is 13.7. The van der Waals surface area contributed by atoms with Crippen molar-refractivity contribution in [2.45, 2.75) is 105 Å². The van der Waals surface area contributed by atoms with Crippen LogP contribution in [0.3, 0.4) is 0 Å². The molecule has 1 aromatic carbocycles. The Balaban J connectivity index is 2.43. The van der Waals surface area contributed by atoms with Crippen molar-refractivity contribution in [2.75, 3.05) is 12.8 Å². The molecular weight excluding hydrogens is 391 g/mol. The van der Waals surface area contributed by atoms with E-state index in [9.17, 15) is 9.79 Å². The molecule has 1 rings (SSSR count). The molecular formula is C26H49O3P. The van der Waals surface area contributed by atoms with Gasteiger partial charge in [0.05, 0.1) is 0 Å².